The van der Waals surface area contributed by atoms with Gasteiger partial charge in [0.1, 0.15) is 0 Å². The van der Waals surface area contributed by atoms with E-state index in [2.05, 4.69) is 41.5 Å². The average Bonchev–Trinajstić information content (AvgIpc) is 2.80. The molecule has 0 heterocycles. The summed E-state index contributed by atoms with van der Waals surface area (Å²) in [6, 6.07) is 0. The topological polar surface area (TPSA) is 9.23 Å². The van der Waals surface area contributed by atoms with Gasteiger partial charge in [-0.05, 0) is 38.5 Å². The summed E-state index contributed by atoms with van der Waals surface area (Å²) < 4.78 is 7.71. The van der Waals surface area contributed by atoms with Crippen molar-refractivity contribution >= 4 is 0 Å². The molecule has 0 saturated carbocycles. The van der Waals surface area contributed by atoms with Gasteiger partial charge in [-0.1, -0.05) is 157 Å². The Morgan fingerprint density at radius 1 is 0.303 bits per heavy atom. The second-order valence-electron chi connectivity index (χ2n) is 11.2. The molecule has 0 spiro atoms. The largest absolute Gasteiger partial charge is 0.369 e. The molecule has 0 atom stereocenters. The molecule has 0 radical (unpaired) electrons. The number of rotatable bonds is 26. The van der Waals surface area contributed by atoms with Gasteiger partial charge in [-0.25, -0.2) is 0 Å². The monoisotopic (exact) mass is 467 g/mol. The molecule has 0 N–H and O–H groups in total. The van der Waals surface area contributed by atoms with Crippen molar-refractivity contribution in [2.45, 2.75) is 207 Å². The highest BCUT2D eigenvalue weighted by Crippen LogP contribution is 2.42. The van der Waals surface area contributed by atoms with E-state index < -0.39 is 0 Å². The van der Waals surface area contributed by atoms with Crippen LogP contribution in [0.25, 0.3) is 0 Å². The summed E-state index contributed by atoms with van der Waals surface area (Å²) in [7, 11) is 0. The fraction of sp³-hybridized carbons (Fsp3) is 1.00. The van der Waals surface area contributed by atoms with Gasteiger partial charge >= 0.3 is 0 Å². The fourth-order valence-electron chi connectivity index (χ4n) is 5.70. The molecule has 0 unspecified atom stereocenters. The number of unbranched alkanes of at least 4 members (excludes halogenated alkanes) is 12. The summed E-state index contributed by atoms with van der Waals surface area (Å²) in [4.78, 5) is 0. The highest BCUT2D eigenvalue weighted by Gasteiger charge is 2.40. The van der Waals surface area contributed by atoms with Crippen LogP contribution in [0, 0.1) is 0 Å². The summed E-state index contributed by atoms with van der Waals surface area (Å²) in [6.45, 7) is 14.1. The van der Waals surface area contributed by atoms with Crippen LogP contribution in [0.4, 0.5) is 0 Å². The Bertz CT molecular complexity index is 299. The standard InChI is InChI=1S/C32H66O/c1-7-13-19-25-31(26-20-14-8-2,27-21-15-9-3)33-32(28-22-16-10-4,29-23-17-11-5)30-24-18-12-6/h7-30H2,1-6H3. The predicted octanol–water partition coefficient (Wildman–Crippen LogP) is 12.0. The first-order chi connectivity index (χ1) is 16.1. The normalized spacial score (nSPS) is 12.5. The van der Waals surface area contributed by atoms with Crippen molar-refractivity contribution in [3.63, 3.8) is 0 Å². The summed E-state index contributed by atoms with van der Waals surface area (Å²) in [6.07, 6.45) is 31.9. The maximum Gasteiger partial charge on any atom is 0.0690 e. The van der Waals surface area contributed by atoms with Crippen molar-refractivity contribution in [1.29, 1.82) is 0 Å². The second kappa shape index (κ2) is 22.4. The van der Waals surface area contributed by atoms with Crippen LogP contribution in [0.3, 0.4) is 0 Å². The van der Waals surface area contributed by atoms with Gasteiger partial charge < -0.3 is 4.74 Å². The van der Waals surface area contributed by atoms with Gasteiger partial charge in [-0.3, -0.25) is 0 Å². The van der Waals surface area contributed by atoms with E-state index in [9.17, 15) is 0 Å². The van der Waals surface area contributed by atoms with Gasteiger partial charge in [0.25, 0.3) is 0 Å². The van der Waals surface area contributed by atoms with Crippen LogP contribution in [0.1, 0.15) is 196 Å². The van der Waals surface area contributed by atoms with E-state index in [1.165, 1.54) is 154 Å². The van der Waals surface area contributed by atoms with Gasteiger partial charge in [-0.2, -0.15) is 0 Å². The minimum absolute atomic E-state index is 0.129. The third-order valence-electron chi connectivity index (χ3n) is 7.85. The second-order valence-corrected chi connectivity index (χ2v) is 11.2. The van der Waals surface area contributed by atoms with Crippen molar-refractivity contribution in [2.75, 3.05) is 0 Å². The SMILES string of the molecule is CCCCCC(CCCCC)(CCCCC)OC(CCCCC)(CCCCC)CCCCC. The van der Waals surface area contributed by atoms with Crippen LogP contribution in [0.15, 0.2) is 0 Å². The molecular formula is C32H66O. The predicted molar refractivity (Wildman–Crippen MR) is 151 cm³/mol. The van der Waals surface area contributed by atoms with E-state index in [-0.39, 0.29) is 11.2 Å². The van der Waals surface area contributed by atoms with Gasteiger partial charge in [0.15, 0.2) is 0 Å². The number of ether oxygens (including phenoxy) is 1. The van der Waals surface area contributed by atoms with Crippen LogP contribution in [-0.4, -0.2) is 11.2 Å². The van der Waals surface area contributed by atoms with E-state index in [1.54, 1.807) is 0 Å². The van der Waals surface area contributed by atoms with E-state index in [4.69, 9.17) is 4.74 Å². The van der Waals surface area contributed by atoms with Crippen LogP contribution < -0.4 is 0 Å². The van der Waals surface area contributed by atoms with E-state index in [0.717, 1.165) is 0 Å². The molecule has 0 aliphatic heterocycles. The smallest absolute Gasteiger partial charge is 0.0690 e. The fourth-order valence-corrected chi connectivity index (χ4v) is 5.70. The summed E-state index contributed by atoms with van der Waals surface area (Å²) in [5.74, 6) is 0. The minimum Gasteiger partial charge on any atom is -0.369 e. The lowest BCUT2D eigenvalue weighted by atomic mass is 9.80. The summed E-state index contributed by atoms with van der Waals surface area (Å²) >= 11 is 0. The number of hydrogen-bond donors (Lipinski definition) is 0. The molecule has 1 heteroatoms. The molecule has 0 aromatic carbocycles. The Kier molecular flexibility index (Phi) is 22.4. The highest BCUT2D eigenvalue weighted by atomic mass is 16.5. The van der Waals surface area contributed by atoms with Crippen molar-refractivity contribution in [3.8, 4) is 0 Å². The Morgan fingerprint density at radius 2 is 0.485 bits per heavy atom. The van der Waals surface area contributed by atoms with E-state index in [0.29, 0.717) is 0 Å². The van der Waals surface area contributed by atoms with Crippen molar-refractivity contribution in [3.05, 3.63) is 0 Å². The third kappa shape index (κ3) is 16.3. The van der Waals surface area contributed by atoms with Gasteiger partial charge in [-0.15, -0.1) is 0 Å². The van der Waals surface area contributed by atoms with Gasteiger partial charge in [0.05, 0.1) is 11.2 Å². The molecule has 0 amide bonds. The molecule has 0 aromatic rings. The first-order valence-electron chi connectivity index (χ1n) is 15.8. The van der Waals surface area contributed by atoms with Gasteiger partial charge in [0, 0.05) is 0 Å². The molecule has 0 rings (SSSR count). The van der Waals surface area contributed by atoms with Crippen molar-refractivity contribution in [2.24, 2.45) is 0 Å². The Labute approximate surface area is 211 Å². The third-order valence-corrected chi connectivity index (χ3v) is 7.85. The zero-order valence-electron chi connectivity index (χ0n) is 24.4. The molecule has 0 saturated heterocycles. The molecule has 0 aromatic heterocycles. The molecule has 0 bridgehead atoms. The number of hydrogen-bond acceptors (Lipinski definition) is 1. The maximum atomic E-state index is 7.71. The van der Waals surface area contributed by atoms with E-state index >= 15 is 0 Å². The first kappa shape index (κ1) is 33.0. The molecule has 33 heavy (non-hydrogen) atoms. The average molecular weight is 467 g/mol. The molecule has 1 nitrogen and oxygen atoms in total. The minimum atomic E-state index is 0.129. The van der Waals surface area contributed by atoms with Crippen molar-refractivity contribution in [1.82, 2.24) is 0 Å². The lowest BCUT2D eigenvalue weighted by molar-refractivity contribution is -0.182. The zero-order chi connectivity index (χ0) is 24.7. The molecule has 0 aliphatic carbocycles. The first-order valence-corrected chi connectivity index (χ1v) is 15.8. The highest BCUT2D eigenvalue weighted by molar-refractivity contribution is 4.90. The maximum absolute atomic E-state index is 7.71. The Balaban J connectivity index is 5.91. The quantitative estimate of drug-likeness (QED) is 0.115. The summed E-state index contributed by atoms with van der Waals surface area (Å²) in [5, 5.41) is 0. The van der Waals surface area contributed by atoms with Gasteiger partial charge in [0.2, 0.25) is 0 Å². The van der Waals surface area contributed by atoms with E-state index in [1.807, 2.05) is 0 Å². The Hall–Kier alpha value is -0.0400. The zero-order valence-corrected chi connectivity index (χ0v) is 24.4. The lowest BCUT2D eigenvalue weighted by Gasteiger charge is -2.46. The van der Waals surface area contributed by atoms with Crippen molar-refractivity contribution < 1.29 is 4.74 Å². The molecule has 200 valence electrons. The lowest BCUT2D eigenvalue weighted by Crippen LogP contribution is -2.45. The molecule has 0 aliphatic rings. The van der Waals surface area contributed by atoms with Crippen LogP contribution in [-0.2, 0) is 4.74 Å². The summed E-state index contributed by atoms with van der Waals surface area (Å²) in [5.41, 5.74) is 0.258. The molecular weight excluding hydrogens is 400 g/mol. The Morgan fingerprint density at radius 3 is 0.636 bits per heavy atom. The molecule has 0 fully saturated rings. The van der Waals surface area contributed by atoms with Crippen LogP contribution in [0.2, 0.25) is 0 Å². The van der Waals surface area contributed by atoms with Crippen LogP contribution in [0.5, 0.6) is 0 Å². The van der Waals surface area contributed by atoms with Crippen LogP contribution >= 0.6 is 0 Å².